The Morgan fingerprint density at radius 3 is 2.83 bits per heavy atom. The number of benzene rings is 2. The molecule has 3 rings (SSSR count). The van der Waals surface area contributed by atoms with Crippen molar-refractivity contribution in [1.82, 2.24) is 15.5 Å². The molecule has 0 radical (unpaired) electrons. The summed E-state index contributed by atoms with van der Waals surface area (Å²) in [6.45, 7) is 2.24. The van der Waals surface area contributed by atoms with Crippen molar-refractivity contribution in [2.24, 2.45) is 0 Å². The van der Waals surface area contributed by atoms with Crippen LogP contribution >= 0.6 is 23.8 Å². The lowest BCUT2D eigenvalue weighted by Gasteiger charge is -2.10. The van der Waals surface area contributed by atoms with E-state index in [9.17, 15) is 4.79 Å². The number of rotatable bonds is 7. The van der Waals surface area contributed by atoms with Gasteiger partial charge in [-0.15, -0.1) is 0 Å². The van der Waals surface area contributed by atoms with Crippen molar-refractivity contribution in [2.75, 3.05) is 19.0 Å². The molecule has 0 saturated heterocycles. The summed E-state index contributed by atoms with van der Waals surface area (Å²) < 4.78 is 15.4. The lowest BCUT2D eigenvalue weighted by atomic mass is 10.2. The number of carbonyl (C=O) groups excluding carboxylic acids is 1. The topological polar surface area (TPSA) is 98.5 Å². The third-order valence-corrected chi connectivity index (χ3v) is 4.48. The Kier molecular flexibility index (Phi) is 7.21. The summed E-state index contributed by atoms with van der Waals surface area (Å²) in [6.07, 6.45) is 0. The maximum atomic E-state index is 11.8. The van der Waals surface area contributed by atoms with E-state index in [4.69, 9.17) is 37.8 Å². The number of nitrogens with zero attached hydrogens (tertiary/aromatic N) is 2. The van der Waals surface area contributed by atoms with Crippen molar-refractivity contribution in [2.45, 2.75) is 13.5 Å². The van der Waals surface area contributed by atoms with E-state index < -0.39 is 5.97 Å². The fourth-order valence-corrected chi connectivity index (χ4v) is 2.95. The average molecular weight is 447 g/mol. The third kappa shape index (κ3) is 5.46. The third-order valence-electron chi connectivity index (χ3n) is 3.92. The average Bonchev–Trinajstić information content (AvgIpc) is 3.22. The van der Waals surface area contributed by atoms with Crippen LogP contribution in [0.4, 0.5) is 5.69 Å². The van der Waals surface area contributed by atoms with E-state index in [-0.39, 0.29) is 18.2 Å². The minimum atomic E-state index is -0.474. The lowest BCUT2D eigenvalue weighted by Crippen LogP contribution is -2.28. The first-order valence-corrected chi connectivity index (χ1v) is 9.77. The highest BCUT2D eigenvalue weighted by molar-refractivity contribution is 7.80. The first-order valence-electron chi connectivity index (χ1n) is 8.98. The normalized spacial score (nSPS) is 10.4. The summed E-state index contributed by atoms with van der Waals surface area (Å²) in [5.74, 6) is 1.05. The summed E-state index contributed by atoms with van der Waals surface area (Å²) >= 11 is 11.4. The zero-order valence-electron chi connectivity index (χ0n) is 16.3. The van der Waals surface area contributed by atoms with E-state index in [0.29, 0.717) is 33.8 Å². The van der Waals surface area contributed by atoms with Gasteiger partial charge in [0, 0.05) is 11.3 Å². The molecule has 0 atom stereocenters. The van der Waals surface area contributed by atoms with Gasteiger partial charge in [-0.1, -0.05) is 28.9 Å². The van der Waals surface area contributed by atoms with Crippen LogP contribution < -0.4 is 15.4 Å². The molecule has 30 heavy (non-hydrogen) atoms. The number of anilines is 1. The number of ether oxygens (including phenoxy) is 2. The van der Waals surface area contributed by atoms with Gasteiger partial charge in [0.05, 0.1) is 30.8 Å². The number of halogens is 1. The molecule has 0 spiro atoms. The first kappa shape index (κ1) is 21.5. The largest absolute Gasteiger partial charge is 0.497 e. The van der Waals surface area contributed by atoms with Crippen molar-refractivity contribution in [3.05, 3.63) is 58.9 Å². The van der Waals surface area contributed by atoms with Gasteiger partial charge in [0.25, 0.3) is 0 Å². The molecule has 3 aromatic rings. The van der Waals surface area contributed by atoms with E-state index in [1.807, 2.05) is 24.3 Å². The zero-order chi connectivity index (χ0) is 21.5. The standard InChI is InChI=1S/C20H19ClN4O4S/c1-3-28-19(26)15-8-7-13(10-16(15)21)23-20(30)22-11-17-24-18(25-29-17)12-5-4-6-14(9-12)27-2/h4-10H,3,11H2,1-2H3,(H2,22,23,30). The van der Waals surface area contributed by atoms with Crippen LogP contribution in [0.2, 0.25) is 5.02 Å². The molecule has 1 aromatic heterocycles. The van der Waals surface area contributed by atoms with Gasteiger partial charge in [0.15, 0.2) is 5.11 Å². The predicted molar refractivity (Wildman–Crippen MR) is 117 cm³/mol. The van der Waals surface area contributed by atoms with Crippen LogP contribution in [0.25, 0.3) is 11.4 Å². The molecule has 0 aliphatic heterocycles. The first-order chi connectivity index (χ1) is 14.5. The van der Waals surface area contributed by atoms with Gasteiger partial charge in [0.2, 0.25) is 11.7 Å². The number of thiocarbonyl (C=S) groups is 1. The van der Waals surface area contributed by atoms with E-state index >= 15 is 0 Å². The minimum absolute atomic E-state index is 0.234. The molecular formula is C20H19ClN4O4S. The number of aromatic nitrogens is 2. The van der Waals surface area contributed by atoms with Gasteiger partial charge >= 0.3 is 5.97 Å². The summed E-state index contributed by atoms with van der Waals surface area (Å²) in [4.78, 5) is 16.1. The second-order valence-corrected chi connectivity index (χ2v) is 6.78. The highest BCUT2D eigenvalue weighted by atomic mass is 35.5. The molecule has 2 aromatic carbocycles. The Morgan fingerprint density at radius 2 is 2.10 bits per heavy atom. The number of methoxy groups -OCH3 is 1. The van der Waals surface area contributed by atoms with Crippen LogP contribution in [0.15, 0.2) is 47.0 Å². The van der Waals surface area contributed by atoms with Crippen LogP contribution in [0.5, 0.6) is 5.75 Å². The second kappa shape index (κ2) is 10.0. The number of hydrogen-bond acceptors (Lipinski definition) is 7. The van der Waals surface area contributed by atoms with Crippen LogP contribution in [0.1, 0.15) is 23.2 Å². The van der Waals surface area contributed by atoms with Crippen molar-refractivity contribution in [3.63, 3.8) is 0 Å². The lowest BCUT2D eigenvalue weighted by molar-refractivity contribution is 0.0526. The molecule has 156 valence electrons. The highest BCUT2D eigenvalue weighted by Gasteiger charge is 2.13. The van der Waals surface area contributed by atoms with Crippen LogP contribution in [-0.4, -0.2) is 34.9 Å². The molecule has 0 fully saturated rings. The van der Waals surface area contributed by atoms with Gasteiger partial charge in [-0.05, 0) is 49.5 Å². The molecule has 2 N–H and O–H groups in total. The van der Waals surface area contributed by atoms with Gasteiger partial charge in [-0.3, -0.25) is 0 Å². The van der Waals surface area contributed by atoms with Crippen molar-refractivity contribution >= 4 is 40.6 Å². The number of esters is 1. The van der Waals surface area contributed by atoms with Gasteiger partial charge in [-0.25, -0.2) is 4.79 Å². The zero-order valence-corrected chi connectivity index (χ0v) is 17.8. The Balaban J connectivity index is 1.57. The molecule has 0 amide bonds. The van der Waals surface area contributed by atoms with Gasteiger partial charge < -0.3 is 24.6 Å². The van der Waals surface area contributed by atoms with Crippen LogP contribution in [-0.2, 0) is 11.3 Å². The van der Waals surface area contributed by atoms with E-state index in [1.54, 1.807) is 32.2 Å². The Labute approximate surface area is 183 Å². The molecule has 0 bridgehead atoms. The van der Waals surface area contributed by atoms with E-state index in [0.717, 1.165) is 5.56 Å². The molecule has 0 aliphatic carbocycles. The second-order valence-electron chi connectivity index (χ2n) is 5.97. The molecule has 8 nitrogen and oxygen atoms in total. The molecule has 10 heteroatoms. The predicted octanol–water partition coefficient (Wildman–Crippen LogP) is 4.06. The van der Waals surface area contributed by atoms with Gasteiger partial charge in [0.1, 0.15) is 5.75 Å². The Morgan fingerprint density at radius 1 is 1.27 bits per heavy atom. The fraction of sp³-hybridized carbons (Fsp3) is 0.200. The van der Waals surface area contributed by atoms with Crippen molar-refractivity contribution in [3.8, 4) is 17.1 Å². The summed E-state index contributed by atoms with van der Waals surface area (Å²) in [6, 6.07) is 12.2. The number of hydrogen-bond donors (Lipinski definition) is 2. The van der Waals surface area contributed by atoms with E-state index in [1.165, 1.54) is 0 Å². The number of nitrogens with one attached hydrogen (secondary N) is 2. The summed E-state index contributed by atoms with van der Waals surface area (Å²) in [5.41, 5.74) is 1.69. The van der Waals surface area contributed by atoms with Crippen molar-refractivity contribution < 1.29 is 18.8 Å². The molecule has 1 heterocycles. The smallest absolute Gasteiger partial charge is 0.339 e. The Bertz CT molecular complexity index is 1060. The monoisotopic (exact) mass is 446 g/mol. The number of carbonyl (C=O) groups is 1. The van der Waals surface area contributed by atoms with E-state index in [2.05, 4.69) is 20.8 Å². The summed E-state index contributed by atoms with van der Waals surface area (Å²) in [5, 5.41) is 10.5. The molecule has 0 unspecified atom stereocenters. The van der Waals surface area contributed by atoms with Crippen molar-refractivity contribution in [1.29, 1.82) is 0 Å². The SMILES string of the molecule is CCOC(=O)c1ccc(NC(=S)NCc2nc(-c3cccc(OC)c3)no2)cc1Cl. The van der Waals surface area contributed by atoms with Gasteiger partial charge in [-0.2, -0.15) is 4.98 Å². The van der Waals surface area contributed by atoms with Crippen LogP contribution in [0, 0.1) is 0 Å². The highest BCUT2D eigenvalue weighted by Crippen LogP contribution is 2.22. The quantitative estimate of drug-likeness (QED) is 0.411. The maximum Gasteiger partial charge on any atom is 0.339 e. The fourth-order valence-electron chi connectivity index (χ4n) is 2.50. The minimum Gasteiger partial charge on any atom is -0.497 e. The molecule has 0 aliphatic rings. The Hall–Kier alpha value is -3.17. The molecular weight excluding hydrogens is 428 g/mol. The van der Waals surface area contributed by atoms with Crippen LogP contribution in [0.3, 0.4) is 0 Å². The molecule has 0 saturated carbocycles. The maximum absolute atomic E-state index is 11.8. The summed E-state index contributed by atoms with van der Waals surface area (Å²) in [7, 11) is 1.59.